The van der Waals surface area contributed by atoms with E-state index in [2.05, 4.69) is 26.0 Å². The van der Waals surface area contributed by atoms with E-state index in [0.29, 0.717) is 11.5 Å². The zero-order valence-corrected chi connectivity index (χ0v) is 15.2. The minimum atomic E-state index is -2.98. The molecular weight excluding hydrogens is 408 g/mol. The summed E-state index contributed by atoms with van der Waals surface area (Å²) in [6, 6.07) is 4.77. The molecule has 0 aliphatic heterocycles. The number of amides is 1. The van der Waals surface area contributed by atoms with Crippen LogP contribution in [0.3, 0.4) is 0 Å². The average molecular weight is 422 g/mol. The van der Waals surface area contributed by atoms with Gasteiger partial charge in [0.1, 0.15) is 10.6 Å². The summed E-state index contributed by atoms with van der Waals surface area (Å²) in [5, 5.41) is 4.18. The summed E-state index contributed by atoms with van der Waals surface area (Å²) in [5.74, 6) is 0.425. The lowest BCUT2D eigenvalue weighted by Crippen LogP contribution is -2.23. The van der Waals surface area contributed by atoms with Gasteiger partial charge in [0.2, 0.25) is 0 Å². The molecule has 0 saturated carbocycles. The second-order valence-corrected chi connectivity index (χ2v) is 6.24. The van der Waals surface area contributed by atoms with Crippen LogP contribution < -0.4 is 19.5 Å². The number of methoxy groups -OCH3 is 2. The molecule has 0 atom stereocenters. The molecule has 1 heterocycles. The second-order valence-electron chi connectivity index (χ2n) is 4.47. The summed E-state index contributed by atoms with van der Waals surface area (Å²) < 4.78 is 40.1. The van der Waals surface area contributed by atoms with Gasteiger partial charge in [-0.2, -0.15) is 8.78 Å². The Kier molecular flexibility index (Phi) is 6.38. The molecule has 130 valence electrons. The first-order valence-electron chi connectivity index (χ1n) is 6.67. The van der Waals surface area contributed by atoms with Gasteiger partial charge in [-0.1, -0.05) is 15.9 Å². The number of halogens is 3. The van der Waals surface area contributed by atoms with Gasteiger partial charge in [-0.3, -0.25) is 4.79 Å². The Labute approximate surface area is 149 Å². The highest BCUT2D eigenvalue weighted by molar-refractivity contribution is 9.10. The van der Waals surface area contributed by atoms with Crippen molar-refractivity contribution < 1.29 is 27.8 Å². The molecule has 0 aliphatic carbocycles. The van der Waals surface area contributed by atoms with Crippen LogP contribution in [0.5, 0.6) is 17.2 Å². The van der Waals surface area contributed by atoms with E-state index in [4.69, 9.17) is 9.47 Å². The number of carbonyl (C=O) groups excluding carboxylic acids is 1. The number of hydrogen-bond donors (Lipinski definition) is 1. The predicted octanol–water partition coefficient (Wildman–Crippen LogP) is 4.06. The highest BCUT2D eigenvalue weighted by atomic mass is 79.9. The first-order chi connectivity index (χ1) is 11.5. The lowest BCUT2D eigenvalue weighted by Gasteiger charge is -2.12. The standard InChI is InChI=1S/C15H14BrF2NO4S/c1-21-11-5-8(9(16)6-12(11)22-2)7-19-14(20)13-10(3-4-24-13)23-15(17)18/h3-6,15H,7H2,1-2H3,(H,19,20). The zero-order chi connectivity index (χ0) is 17.7. The summed E-state index contributed by atoms with van der Waals surface area (Å²) >= 11 is 4.42. The molecule has 0 radical (unpaired) electrons. The van der Waals surface area contributed by atoms with E-state index in [-0.39, 0.29) is 17.2 Å². The molecule has 0 unspecified atom stereocenters. The minimum Gasteiger partial charge on any atom is -0.493 e. The lowest BCUT2D eigenvalue weighted by atomic mass is 10.2. The van der Waals surface area contributed by atoms with Gasteiger partial charge in [-0.05, 0) is 29.1 Å². The van der Waals surface area contributed by atoms with Crippen molar-refractivity contribution in [3.8, 4) is 17.2 Å². The van der Waals surface area contributed by atoms with Crippen molar-refractivity contribution in [1.29, 1.82) is 0 Å². The summed E-state index contributed by atoms with van der Waals surface area (Å²) in [6.07, 6.45) is 0. The highest BCUT2D eigenvalue weighted by Gasteiger charge is 2.18. The molecule has 1 amide bonds. The second kappa shape index (κ2) is 8.29. The van der Waals surface area contributed by atoms with Crippen LogP contribution in [0, 0.1) is 0 Å². The fourth-order valence-corrected chi connectivity index (χ4v) is 3.14. The van der Waals surface area contributed by atoms with Gasteiger partial charge < -0.3 is 19.5 Å². The van der Waals surface area contributed by atoms with Crippen molar-refractivity contribution in [3.05, 3.63) is 38.5 Å². The lowest BCUT2D eigenvalue weighted by molar-refractivity contribution is -0.0498. The molecule has 1 aromatic carbocycles. The molecule has 0 spiro atoms. The Morgan fingerprint density at radius 2 is 1.92 bits per heavy atom. The fourth-order valence-electron chi connectivity index (χ4n) is 1.94. The number of alkyl halides is 2. The predicted molar refractivity (Wildman–Crippen MR) is 89.4 cm³/mol. The molecule has 0 bridgehead atoms. The van der Waals surface area contributed by atoms with Crippen LogP contribution in [0.4, 0.5) is 8.78 Å². The maximum absolute atomic E-state index is 12.3. The third-order valence-corrected chi connectivity index (χ3v) is 4.68. The quantitative estimate of drug-likeness (QED) is 0.732. The van der Waals surface area contributed by atoms with E-state index in [1.165, 1.54) is 25.7 Å². The van der Waals surface area contributed by atoms with E-state index >= 15 is 0 Å². The van der Waals surface area contributed by atoms with Crippen molar-refractivity contribution in [1.82, 2.24) is 5.32 Å². The Hall–Kier alpha value is -1.87. The summed E-state index contributed by atoms with van der Waals surface area (Å²) in [5.41, 5.74) is 0.744. The Morgan fingerprint density at radius 3 is 2.54 bits per heavy atom. The SMILES string of the molecule is COc1cc(Br)c(CNC(=O)c2sccc2OC(F)F)cc1OC. The van der Waals surface area contributed by atoms with Crippen LogP contribution in [0.2, 0.25) is 0 Å². The molecule has 5 nitrogen and oxygen atoms in total. The van der Waals surface area contributed by atoms with Gasteiger partial charge in [0, 0.05) is 11.0 Å². The van der Waals surface area contributed by atoms with Crippen molar-refractivity contribution in [2.24, 2.45) is 0 Å². The third-order valence-electron chi connectivity index (χ3n) is 3.04. The molecule has 24 heavy (non-hydrogen) atoms. The van der Waals surface area contributed by atoms with Crippen LogP contribution in [0.1, 0.15) is 15.2 Å². The summed E-state index contributed by atoms with van der Waals surface area (Å²) in [4.78, 5) is 12.3. The molecular formula is C15H14BrF2NO4S. The highest BCUT2D eigenvalue weighted by Crippen LogP contribution is 2.33. The summed E-state index contributed by atoms with van der Waals surface area (Å²) in [6.45, 7) is -2.81. The number of nitrogens with one attached hydrogen (secondary N) is 1. The number of thiophene rings is 1. The number of carbonyl (C=O) groups is 1. The van der Waals surface area contributed by atoms with E-state index in [9.17, 15) is 13.6 Å². The van der Waals surface area contributed by atoms with Gasteiger partial charge >= 0.3 is 6.61 Å². The van der Waals surface area contributed by atoms with Gasteiger partial charge in [-0.25, -0.2) is 0 Å². The maximum atomic E-state index is 12.3. The average Bonchev–Trinajstić information content (AvgIpc) is 3.00. The molecule has 2 rings (SSSR count). The van der Waals surface area contributed by atoms with Crippen LogP contribution in [0.25, 0.3) is 0 Å². The van der Waals surface area contributed by atoms with E-state index in [1.807, 2.05) is 0 Å². The van der Waals surface area contributed by atoms with Crippen LogP contribution in [-0.2, 0) is 6.54 Å². The fraction of sp³-hybridized carbons (Fsp3) is 0.267. The monoisotopic (exact) mass is 421 g/mol. The summed E-state index contributed by atoms with van der Waals surface area (Å²) in [7, 11) is 3.03. The smallest absolute Gasteiger partial charge is 0.387 e. The largest absolute Gasteiger partial charge is 0.493 e. The van der Waals surface area contributed by atoms with Crippen molar-refractivity contribution in [2.45, 2.75) is 13.2 Å². The molecule has 1 N–H and O–H groups in total. The van der Waals surface area contributed by atoms with Crippen LogP contribution >= 0.6 is 27.3 Å². The van der Waals surface area contributed by atoms with E-state index in [1.54, 1.807) is 12.1 Å². The van der Waals surface area contributed by atoms with Crippen molar-refractivity contribution in [3.63, 3.8) is 0 Å². The molecule has 0 fully saturated rings. The molecule has 0 saturated heterocycles. The number of rotatable bonds is 7. The number of benzene rings is 1. The third kappa shape index (κ3) is 4.35. The maximum Gasteiger partial charge on any atom is 0.387 e. The number of hydrogen-bond acceptors (Lipinski definition) is 5. The minimum absolute atomic E-state index is 0.0897. The molecule has 9 heteroatoms. The topological polar surface area (TPSA) is 56.8 Å². The van der Waals surface area contributed by atoms with Crippen LogP contribution in [-0.4, -0.2) is 26.7 Å². The van der Waals surface area contributed by atoms with Crippen LogP contribution in [0.15, 0.2) is 28.1 Å². The Bertz CT molecular complexity index is 723. The zero-order valence-electron chi connectivity index (χ0n) is 12.8. The van der Waals surface area contributed by atoms with Crippen molar-refractivity contribution >= 4 is 33.2 Å². The van der Waals surface area contributed by atoms with Gasteiger partial charge in [-0.15, -0.1) is 11.3 Å². The number of ether oxygens (including phenoxy) is 3. The first kappa shape index (κ1) is 18.5. The Balaban J connectivity index is 2.11. The van der Waals surface area contributed by atoms with Crippen molar-refractivity contribution in [2.75, 3.05) is 14.2 Å². The molecule has 1 aromatic heterocycles. The normalized spacial score (nSPS) is 10.6. The van der Waals surface area contributed by atoms with Gasteiger partial charge in [0.05, 0.1) is 14.2 Å². The molecule has 0 aliphatic rings. The van der Waals surface area contributed by atoms with E-state index in [0.717, 1.165) is 21.4 Å². The first-order valence-corrected chi connectivity index (χ1v) is 8.34. The Morgan fingerprint density at radius 1 is 1.25 bits per heavy atom. The van der Waals surface area contributed by atoms with Gasteiger partial charge in [0.15, 0.2) is 11.5 Å². The molecule has 2 aromatic rings. The van der Waals surface area contributed by atoms with Gasteiger partial charge in [0.25, 0.3) is 5.91 Å². The van der Waals surface area contributed by atoms with E-state index < -0.39 is 12.5 Å².